The van der Waals surface area contributed by atoms with Gasteiger partial charge in [-0.1, -0.05) is 19.1 Å². The van der Waals surface area contributed by atoms with E-state index >= 15 is 0 Å². The molecule has 1 aliphatic heterocycles. The summed E-state index contributed by atoms with van der Waals surface area (Å²) in [6.07, 6.45) is 3.57. The van der Waals surface area contributed by atoms with Gasteiger partial charge in [0.1, 0.15) is 5.75 Å². The number of nitrogens with one attached hydrogen (secondary N) is 1. The maximum Gasteiger partial charge on any atom is 0.123 e. The molecule has 3 heteroatoms. The minimum Gasteiger partial charge on any atom is -0.496 e. The minimum absolute atomic E-state index is 0.379. The van der Waals surface area contributed by atoms with Gasteiger partial charge in [0.25, 0.3) is 0 Å². The molecule has 0 aliphatic carbocycles. The monoisotopic (exact) mass is 262 g/mol. The van der Waals surface area contributed by atoms with Crippen LogP contribution in [0.4, 0.5) is 0 Å². The first kappa shape index (κ1) is 14.4. The molecule has 1 saturated heterocycles. The Labute approximate surface area is 116 Å². The van der Waals surface area contributed by atoms with E-state index in [9.17, 15) is 0 Å². The molecule has 0 amide bonds. The molecular weight excluding hydrogens is 236 g/mol. The van der Waals surface area contributed by atoms with E-state index < -0.39 is 0 Å². The van der Waals surface area contributed by atoms with Crippen LogP contribution in [0.25, 0.3) is 0 Å². The molecule has 19 heavy (non-hydrogen) atoms. The Kier molecular flexibility index (Phi) is 4.83. The number of hydrogen-bond acceptors (Lipinski definition) is 3. The zero-order valence-electron chi connectivity index (χ0n) is 12.6. The van der Waals surface area contributed by atoms with Crippen molar-refractivity contribution >= 4 is 0 Å². The summed E-state index contributed by atoms with van der Waals surface area (Å²) < 4.78 is 5.58. The second kappa shape index (κ2) is 6.40. The number of hydrogen-bond donors (Lipinski definition) is 1. The van der Waals surface area contributed by atoms with Crippen LogP contribution in [-0.2, 0) is 6.42 Å². The van der Waals surface area contributed by atoms with E-state index in [-0.39, 0.29) is 0 Å². The first-order valence-corrected chi connectivity index (χ1v) is 7.24. The Morgan fingerprint density at radius 3 is 2.74 bits per heavy atom. The Hall–Kier alpha value is -1.06. The number of methoxy groups -OCH3 is 1. The summed E-state index contributed by atoms with van der Waals surface area (Å²) in [5.41, 5.74) is 2.69. The fraction of sp³-hybridized carbons (Fsp3) is 0.625. The topological polar surface area (TPSA) is 24.5 Å². The van der Waals surface area contributed by atoms with E-state index in [4.69, 9.17) is 4.74 Å². The van der Waals surface area contributed by atoms with Crippen molar-refractivity contribution < 1.29 is 4.74 Å². The lowest BCUT2D eigenvalue weighted by molar-refractivity contribution is 0.237. The number of nitrogens with zero attached hydrogens (tertiary/aromatic N) is 1. The summed E-state index contributed by atoms with van der Waals surface area (Å²) in [6, 6.07) is 7.49. The van der Waals surface area contributed by atoms with Gasteiger partial charge in [0.05, 0.1) is 13.2 Å². The fourth-order valence-corrected chi connectivity index (χ4v) is 3.07. The van der Waals surface area contributed by atoms with Crippen molar-refractivity contribution in [2.75, 3.05) is 27.7 Å². The van der Waals surface area contributed by atoms with Crippen LogP contribution in [0.1, 0.15) is 36.9 Å². The smallest absolute Gasteiger partial charge is 0.123 e. The molecule has 2 atom stereocenters. The Bertz CT molecular complexity index is 411. The van der Waals surface area contributed by atoms with Crippen molar-refractivity contribution in [1.29, 1.82) is 0 Å². The van der Waals surface area contributed by atoms with E-state index in [0.29, 0.717) is 12.1 Å². The number of ether oxygens (including phenoxy) is 1. The SMILES string of the molecule is CCc1ccc(OC)c(C(C2CCCN2)N(C)C)c1. The minimum atomic E-state index is 0.379. The van der Waals surface area contributed by atoms with Gasteiger partial charge in [-0.3, -0.25) is 0 Å². The van der Waals surface area contributed by atoms with Crippen LogP contribution in [0.5, 0.6) is 5.75 Å². The molecule has 0 bridgehead atoms. The van der Waals surface area contributed by atoms with E-state index in [1.165, 1.54) is 24.0 Å². The lowest BCUT2D eigenvalue weighted by Crippen LogP contribution is -2.37. The molecular formula is C16H26N2O. The quantitative estimate of drug-likeness (QED) is 0.883. The van der Waals surface area contributed by atoms with E-state index in [0.717, 1.165) is 18.7 Å². The number of aryl methyl sites for hydroxylation is 1. The third-order valence-electron chi connectivity index (χ3n) is 4.06. The lowest BCUT2D eigenvalue weighted by atomic mass is 9.94. The molecule has 2 rings (SSSR count). The van der Waals surface area contributed by atoms with Gasteiger partial charge in [-0.05, 0) is 51.5 Å². The normalized spacial score (nSPS) is 20.8. The van der Waals surface area contributed by atoms with Crippen molar-refractivity contribution in [1.82, 2.24) is 10.2 Å². The van der Waals surface area contributed by atoms with Crippen LogP contribution in [-0.4, -0.2) is 38.7 Å². The largest absolute Gasteiger partial charge is 0.496 e. The van der Waals surface area contributed by atoms with Gasteiger partial charge in [-0.25, -0.2) is 0 Å². The second-order valence-electron chi connectivity index (χ2n) is 5.54. The molecule has 0 radical (unpaired) electrons. The maximum atomic E-state index is 5.58. The molecule has 0 saturated carbocycles. The first-order chi connectivity index (χ1) is 9.17. The molecule has 1 fully saturated rings. The Morgan fingerprint density at radius 1 is 1.42 bits per heavy atom. The third kappa shape index (κ3) is 3.10. The summed E-state index contributed by atoms with van der Waals surface area (Å²) in [5.74, 6) is 1.00. The molecule has 2 unspecified atom stereocenters. The molecule has 1 aliphatic rings. The van der Waals surface area contributed by atoms with Crippen molar-refractivity contribution in [2.45, 2.75) is 38.3 Å². The van der Waals surface area contributed by atoms with Crippen LogP contribution in [0, 0.1) is 0 Å². The third-order valence-corrected chi connectivity index (χ3v) is 4.06. The van der Waals surface area contributed by atoms with Crippen LogP contribution < -0.4 is 10.1 Å². The predicted molar refractivity (Wildman–Crippen MR) is 79.8 cm³/mol. The van der Waals surface area contributed by atoms with Gasteiger partial charge in [0.15, 0.2) is 0 Å². The highest BCUT2D eigenvalue weighted by atomic mass is 16.5. The number of likely N-dealkylation sites (N-methyl/N-ethyl adjacent to an activating group) is 1. The number of rotatable bonds is 5. The molecule has 3 nitrogen and oxygen atoms in total. The van der Waals surface area contributed by atoms with Gasteiger partial charge in [0, 0.05) is 11.6 Å². The Morgan fingerprint density at radius 2 is 2.21 bits per heavy atom. The predicted octanol–water partition coefficient (Wildman–Crippen LogP) is 2.61. The molecule has 1 aromatic rings. The molecule has 1 N–H and O–H groups in total. The summed E-state index contributed by atoms with van der Waals surface area (Å²) in [5, 5.41) is 3.63. The zero-order chi connectivity index (χ0) is 13.8. The molecule has 1 aromatic carbocycles. The highest BCUT2D eigenvalue weighted by molar-refractivity contribution is 5.40. The second-order valence-corrected chi connectivity index (χ2v) is 5.54. The standard InChI is InChI=1S/C16H26N2O/c1-5-12-8-9-15(19-4)13(11-12)16(18(2)3)14-7-6-10-17-14/h8-9,11,14,16-17H,5-7,10H2,1-4H3. The number of benzene rings is 1. The average Bonchev–Trinajstić information content (AvgIpc) is 2.92. The van der Waals surface area contributed by atoms with Crippen LogP contribution in [0.2, 0.25) is 0 Å². The van der Waals surface area contributed by atoms with Gasteiger partial charge in [-0.2, -0.15) is 0 Å². The molecule has 0 aromatic heterocycles. The van der Waals surface area contributed by atoms with Crippen LogP contribution in [0.3, 0.4) is 0 Å². The van der Waals surface area contributed by atoms with Gasteiger partial charge >= 0.3 is 0 Å². The first-order valence-electron chi connectivity index (χ1n) is 7.24. The van der Waals surface area contributed by atoms with Gasteiger partial charge < -0.3 is 15.0 Å². The van der Waals surface area contributed by atoms with Crippen LogP contribution in [0.15, 0.2) is 18.2 Å². The van der Waals surface area contributed by atoms with E-state index in [1.807, 2.05) is 0 Å². The summed E-state index contributed by atoms with van der Waals surface area (Å²) in [6.45, 7) is 3.33. The summed E-state index contributed by atoms with van der Waals surface area (Å²) >= 11 is 0. The van der Waals surface area contributed by atoms with E-state index in [2.05, 4.69) is 49.4 Å². The summed E-state index contributed by atoms with van der Waals surface area (Å²) in [4.78, 5) is 2.31. The zero-order valence-corrected chi connectivity index (χ0v) is 12.6. The van der Waals surface area contributed by atoms with Crippen molar-refractivity contribution in [3.63, 3.8) is 0 Å². The van der Waals surface area contributed by atoms with Crippen molar-refractivity contribution in [3.05, 3.63) is 29.3 Å². The van der Waals surface area contributed by atoms with Crippen molar-refractivity contribution in [2.24, 2.45) is 0 Å². The average molecular weight is 262 g/mol. The fourth-order valence-electron chi connectivity index (χ4n) is 3.07. The summed E-state index contributed by atoms with van der Waals surface area (Å²) in [7, 11) is 6.07. The lowest BCUT2D eigenvalue weighted by Gasteiger charge is -2.32. The highest BCUT2D eigenvalue weighted by Gasteiger charge is 2.29. The molecule has 1 heterocycles. The Balaban J connectivity index is 2.38. The van der Waals surface area contributed by atoms with Gasteiger partial charge in [-0.15, -0.1) is 0 Å². The van der Waals surface area contributed by atoms with Gasteiger partial charge in [0.2, 0.25) is 0 Å². The van der Waals surface area contributed by atoms with Crippen LogP contribution >= 0.6 is 0 Å². The molecule has 106 valence electrons. The van der Waals surface area contributed by atoms with Crippen molar-refractivity contribution in [3.8, 4) is 5.75 Å². The highest BCUT2D eigenvalue weighted by Crippen LogP contribution is 2.34. The maximum absolute atomic E-state index is 5.58. The van der Waals surface area contributed by atoms with E-state index in [1.54, 1.807) is 7.11 Å². The molecule has 0 spiro atoms.